The summed E-state index contributed by atoms with van der Waals surface area (Å²) in [6, 6.07) is 5.59. The molecule has 0 saturated heterocycles. The number of pyridine rings is 1. The first-order chi connectivity index (χ1) is 8.34. The molecule has 0 radical (unpaired) electrons. The predicted octanol–water partition coefficient (Wildman–Crippen LogP) is 2.43. The molecule has 17 heavy (non-hydrogen) atoms. The first kappa shape index (κ1) is 12.2. The number of nitrogens with one attached hydrogen (secondary N) is 1. The first-order valence-corrected chi connectivity index (χ1v) is 6.42. The van der Waals surface area contributed by atoms with Gasteiger partial charge in [-0.05, 0) is 25.0 Å². The smallest absolute Gasteiger partial charge is 0.128 e. The highest BCUT2D eigenvalue weighted by Crippen LogP contribution is 2.19. The van der Waals surface area contributed by atoms with E-state index in [4.69, 9.17) is 10.5 Å². The van der Waals surface area contributed by atoms with Gasteiger partial charge >= 0.3 is 0 Å². The molecule has 1 saturated carbocycles. The number of hydrogen-bond donors (Lipinski definition) is 2. The molecule has 0 atom stereocenters. The second-order valence-electron chi connectivity index (χ2n) is 4.51. The van der Waals surface area contributed by atoms with Crippen molar-refractivity contribution in [3.05, 3.63) is 18.2 Å². The summed E-state index contributed by atoms with van der Waals surface area (Å²) in [5.74, 6) is 1.36. The highest BCUT2D eigenvalue weighted by molar-refractivity contribution is 5.41. The van der Waals surface area contributed by atoms with Crippen molar-refractivity contribution in [2.24, 2.45) is 0 Å². The Morgan fingerprint density at radius 1 is 1.29 bits per heavy atom. The van der Waals surface area contributed by atoms with E-state index in [9.17, 15) is 0 Å². The van der Waals surface area contributed by atoms with Crippen molar-refractivity contribution in [3.8, 4) is 0 Å². The summed E-state index contributed by atoms with van der Waals surface area (Å²) in [6.07, 6.45) is 6.90. The Balaban J connectivity index is 1.62. The van der Waals surface area contributed by atoms with E-state index >= 15 is 0 Å². The summed E-state index contributed by atoms with van der Waals surface area (Å²) >= 11 is 0. The Morgan fingerprint density at radius 2 is 2.12 bits per heavy atom. The van der Waals surface area contributed by atoms with Gasteiger partial charge in [0.05, 0.1) is 12.7 Å². The second kappa shape index (κ2) is 6.45. The normalized spacial score (nSPS) is 16.9. The number of nitrogens with zero attached hydrogens (tertiary/aromatic N) is 1. The molecule has 4 heteroatoms. The molecule has 1 aromatic rings. The topological polar surface area (TPSA) is 60.2 Å². The third-order valence-corrected chi connectivity index (χ3v) is 3.08. The van der Waals surface area contributed by atoms with Crippen LogP contribution in [0.3, 0.4) is 0 Å². The van der Waals surface area contributed by atoms with Gasteiger partial charge in [0.25, 0.3) is 0 Å². The summed E-state index contributed by atoms with van der Waals surface area (Å²) in [5, 5.41) is 3.21. The molecule has 0 unspecified atom stereocenters. The van der Waals surface area contributed by atoms with Gasteiger partial charge in [0, 0.05) is 6.54 Å². The van der Waals surface area contributed by atoms with E-state index in [1.54, 1.807) is 6.07 Å². The maximum Gasteiger partial charge on any atom is 0.128 e. The average Bonchev–Trinajstić information content (AvgIpc) is 2.36. The van der Waals surface area contributed by atoms with Crippen LogP contribution in [0.4, 0.5) is 11.6 Å². The molecular weight excluding hydrogens is 214 g/mol. The second-order valence-corrected chi connectivity index (χ2v) is 4.51. The molecule has 1 aromatic heterocycles. The van der Waals surface area contributed by atoms with Crippen molar-refractivity contribution in [2.75, 3.05) is 24.2 Å². The quantitative estimate of drug-likeness (QED) is 0.769. The minimum atomic E-state index is 0.472. The minimum absolute atomic E-state index is 0.472. The zero-order valence-corrected chi connectivity index (χ0v) is 10.2. The molecule has 94 valence electrons. The van der Waals surface area contributed by atoms with Gasteiger partial charge in [0.1, 0.15) is 11.6 Å². The van der Waals surface area contributed by atoms with Gasteiger partial charge in [-0.25, -0.2) is 4.98 Å². The molecule has 0 spiro atoms. The van der Waals surface area contributed by atoms with E-state index in [1.807, 2.05) is 12.1 Å². The summed E-state index contributed by atoms with van der Waals surface area (Å²) in [5.41, 5.74) is 5.60. The number of aromatic nitrogens is 1. The number of rotatable bonds is 5. The van der Waals surface area contributed by atoms with Crippen molar-refractivity contribution in [1.29, 1.82) is 0 Å². The van der Waals surface area contributed by atoms with Crippen molar-refractivity contribution >= 4 is 11.6 Å². The molecule has 2 rings (SSSR count). The molecule has 0 bridgehead atoms. The summed E-state index contributed by atoms with van der Waals surface area (Å²) in [4.78, 5) is 4.17. The van der Waals surface area contributed by atoms with Gasteiger partial charge in [-0.1, -0.05) is 25.3 Å². The SMILES string of the molecule is Nc1cccc(NCCOC2CCCCC2)n1. The first-order valence-electron chi connectivity index (χ1n) is 6.42. The van der Waals surface area contributed by atoms with Crippen LogP contribution in [0.25, 0.3) is 0 Å². The molecule has 1 aliphatic rings. The Morgan fingerprint density at radius 3 is 2.88 bits per heavy atom. The minimum Gasteiger partial charge on any atom is -0.384 e. The van der Waals surface area contributed by atoms with Crippen LogP contribution in [0, 0.1) is 0 Å². The fourth-order valence-electron chi connectivity index (χ4n) is 2.19. The number of nitrogens with two attached hydrogens (primary N) is 1. The largest absolute Gasteiger partial charge is 0.384 e. The van der Waals surface area contributed by atoms with Crippen LogP contribution in [-0.4, -0.2) is 24.2 Å². The third-order valence-electron chi connectivity index (χ3n) is 3.08. The van der Waals surface area contributed by atoms with E-state index in [0.717, 1.165) is 19.0 Å². The zero-order valence-electron chi connectivity index (χ0n) is 10.2. The number of hydrogen-bond acceptors (Lipinski definition) is 4. The van der Waals surface area contributed by atoms with Crippen LogP contribution in [0.1, 0.15) is 32.1 Å². The van der Waals surface area contributed by atoms with Gasteiger partial charge in [0.15, 0.2) is 0 Å². The van der Waals surface area contributed by atoms with Gasteiger partial charge < -0.3 is 15.8 Å². The fraction of sp³-hybridized carbons (Fsp3) is 0.615. The van der Waals surface area contributed by atoms with E-state index in [0.29, 0.717) is 11.9 Å². The van der Waals surface area contributed by atoms with Crippen LogP contribution in [0.5, 0.6) is 0 Å². The molecule has 3 N–H and O–H groups in total. The van der Waals surface area contributed by atoms with Crippen LogP contribution in [0.2, 0.25) is 0 Å². The maximum atomic E-state index is 5.81. The lowest BCUT2D eigenvalue weighted by Crippen LogP contribution is -2.20. The summed E-state index contributed by atoms with van der Waals surface area (Å²) in [7, 11) is 0. The van der Waals surface area contributed by atoms with Gasteiger partial charge in [-0.2, -0.15) is 0 Å². The van der Waals surface area contributed by atoms with Crippen LogP contribution in [-0.2, 0) is 4.74 Å². The van der Waals surface area contributed by atoms with Crippen molar-refractivity contribution in [3.63, 3.8) is 0 Å². The Kier molecular flexibility index (Phi) is 4.62. The predicted molar refractivity (Wildman–Crippen MR) is 70.0 cm³/mol. The van der Waals surface area contributed by atoms with Crippen molar-refractivity contribution < 1.29 is 4.74 Å². The lowest BCUT2D eigenvalue weighted by Gasteiger charge is -2.22. The highest BCUT2D eigenvalue weighted by Gasteiger charge is 2.12. The van der Waals surface area contributed by atoms with Crippen molar-refractivity contribution in [1.82, 2.24) is 4.98 Å². The highest BCUT2D eigenvalue weighted by atomic mass is 16.5. The van der Waals surface area contributed by atoms with E-state index in [1.165, 1.54) is 32.1 Å². The molecule has 0 amide bonds. The standard InChI is InChI=1S/C13H21N3O/c14-12-7-4-8-13(16-12)15-9-10-17-11-5-2-1-3-6-11/h4,7-8,11H,1-3,5-6,9-10H2,(H3,14,15,16). The van der Waals surface area contributed by atoms with Gasteiger partial charge in [0.2, 0.25) is 0 Å². The van der Waals surface area contributed by atoms with Crippen LogP contribution in [0.15, 0.2) is 18.2 Å². The Labute approximate surface area is 103 Å². The zero-order chi connectivity index (χ0) is 11.9. The number of ether oxygens (including phenoxy) is 1. The van der Waals surface area contributed by atoms with E-state index in [-0.39, 0.29) is 0 Å². The molecule has 0 aliphatic heterocycles. The maximum absolute atomic E-state index is 5.81. The van der Waals surface area contributed by atoms with E-state index < -0.39 is 0 Å². The Hall–Kier alpha value is -1.29. The monoisotopic (exact) mass is 235 g/mol. The van der Waals surface area contributed by atoms with Crippen LogP contribution >= 0.6 is 0 Å². The lowest BCUT2D eigenvalue weighted by molar-refractivity contribution is 0.0347. The molecule has 1 aliphatic carbocycles. The Bertz CT molecular complexity index is 337. The lowest BCUT2D eigenvalue weighted by atomic mass is 9.98. The molecule has 1 fully saturated rings. The number of nitrogen functional groups attached to an aromatic ring is 1. The molecule has 4 nitrogen and oxygen atoms in total. The molecular formula is C13H21N3O. The average molecular weight is 235 g/mol. The third kappa shape index (κ3) is 4.23. The fourth-order valence-corrected chi connectivity index (χ4v) is 2.19. The molecule has 0 aromatic carbocycles. The summed E-state index contributed by atoms with van der Waals surface area (Å²) < 4.78 is 5.81. The van der Waals surface area contributed by atoms with Crippen LogP contribution < -0.4 is 11.1 Å². The van der Waals surface area contributed by atoms with E-state index in [2.05, 4.69) is 10.3 Å². The van der Waals surface area contributed by atoms with Crippen molar-refractivity contribution in [2.45, 2.75) is 38.2 Å². The van der Waals surface area contributed by atoms with Gasteiger partial charge in [-0.3, -0.25) is 0 Å². The molecule has 1 heterocycles. The van der Waals surface area contributed by atoms with Gasteiger partial charge in [-0.15, -0.1) is 0 Å². The summed E-state index contributed by atoms with van der Waals surface area (Å²) in [6.45, 7) is 1.52. The number of anilines is 2.